The molecule has 1 rings (SSSR count). The summed E-state index contributed by atoms with van der Waals surface area (Å²) in [5, 5.41) is 0. The maximum absolute atomic E-state index is 12.7. The Labute approximate surface area is 152 Å². The van der Waals surface area contributed by atoms with Crippen LogP contribution in [0.25, 0.3) is 0 Å². The van der Waals surface area contributed by atoms with Crippen molar-refractivity contribution in [1.29, 1.82) is 0 Å². The van der Waals surface area contributed by atoms with Crippen molar-refractivity contribution < 1.29 is 9.59 Å². The summed E-state index contributed by atoms with van der Waals surface area (Å²) < 4.78 is 0. The zero-order valence-corrected chi connectivity index (χ0v) is 16.3. The van der Waals surface area contributed by atoms with Gasteiger partial charge in [-0.05, 0) is 26.7 Å². The normalized spacial score (nSPS) is 16.3. The van der Waals surface area contributed by atoms with E-state index in [0.717, 1.165) is 12.8 Å². The maximum Gasteiger partial charge on any atom is 0.237 e. The third-order valence-electron chi connectivity index (χ3n) is 5.16. The summed E-state index contributed by atoms with van der Waals surface area (Å²) in [7, 11) is 0. The van der Waals surface area contributed by atoms with E-state index >= 15 is 0 Å². The number of carbonyl (C=O) groups is 2. The minimum Gasteiger partial charge on any atom is -0.368 e. The highest BCUT2D eigenvalue weighted by Gasteiger charge is 2.40. The maximum atomic E-state index is 12.7. The van der Waals surface area contributed by atoms with Gasteiger partial charge in [-0.1, -0.05) is 13.8 Å². The molecule has 138 valence electrons. The lowest BCUT2D eigenvalue weighted by Gasteiger charge is -2.44. The topological polar surface area (TPSA) is 92.7 Å². The lowest BCUT2D eigenvalue weighted by atomic mass is 9.80. The van der Waals surface area contributed by atoms with Crippen molar-refractivity contribution in [2.45, 2.75) is 46.1 Å². The number of amides is 2. The Hall–Kier alpha value is -0.560. The van der Waals surface area contributed by atoms with Gasteiger partial charge >= 0.3 is 0 Å². The smallest absolute Gasteiger partial charge is 0.237 e. The highest BCUT2D eigenvalue weighted by Crippen LogP contribution is 2.29. The number of carbonyl (C=O) groups excluding carboxylic acids is 2. The Balaban J connectivity index is 0. The molecule has 1 saturated heterocycles. The first-order valence-corrected chi connectivity index (χ1v) is 7.79. The lowest BCUT2D eigenvalue weighted by Crippen LogP contribution is -2.61. The quantitative estimate of drug-likeness (QED) is 0.729. The molecule has 0 atom stereocenters. The molecule has 0 unspecified atom stereocenters. The molecule has 1 heterocycles. The third kappa shape index (κ3) is 4.95. The molecule has 0 aromatic rings. The van der Waals surface area contributed by atoms with Crippen LogP contribution in [0.3, 0.4) is 0 Å². The Kier molecular flexibility index (Phi) is 10.4. The van der Waals surface area contributed by atoms with E-state index in [-0.39, 0.29) is 36.6 Å². The van der Waals surface area contributed by atoms with Crippen molar-refractivity contribution in [3.8, 4) is 0 Å². The van der Waals surface area contributed by atoms with Gasteiger partial charge in [0, 0.05) is 32.7 Å². The zero-order chi connectivity index (χ0) is 16.3. The summed E-state index contributed by atoms with van der Waals surface area (Å²) in [6.07, 6.45) is 1.51. The van der Waals surface area contributed by atoms with E-state index in [9.17, 15) is 9.59 Å². The standard InChI is InChI=1S/C15H30N4O2.2ClH/c1-5-15(6-2,11-16)13(21)18-7-9-19(10-8-18)14(3,4)12(17)20;;/h5-11,16H2,1-4H3,(H2,17,20);2*1H. The van der Waals surface area contributed by atoms with Gasteiger partial charge in [0.1, 0.15) is 0 Å². The van der Waals surface area contributed by atoms with E-state index in [4.69, 9.17) is 11.5 Å². The first-order chi connectivity index (χ1) is 9.75. The summed E-state index contributed by atoms with van der Waals surface area (Å²) in [5.74, 6) is -0.188. The fraction of sp³-hybridized carbons (Fsp3) is 0.867. The van der Waals surface area contributed by atoms with Gasteiger partial charge in [-0.3, -0.25) is 14.5 Å². The first kappa shape index (κ1) is 24.7. The Morgan fingerprint density at radius 3 is 1.74 bits per heavy atom. The van der Waals surface area contributed by atoms with Crippen molar-refractivity contribution in [3.05, 3.63) is 0 Å². The second kappa shape index (κ2) is 9.67. The van der Waals surface area contributed by atoms with Crippen LogP contribution in [0.5, 0.6) is 0 Å². The van der Waals surface area contributed by atoms with E-state index < -0.39 is 11.0 Å². The van der Waals surface area contributed by atoms with Crippen LogP contribution in [0.4, 0.5) is 0 Å². The van der Waals surface area contributed by atoms with Gasteiger partial charge in [-0.25, -0.2) is 0 Å². The molecule has 1 aliphatic rings. The lowest BCUT2D eigenvalue weighted by molar-refractivity contribution is -0.145. The van der Waals surface area contributed by atoms with Crippen LogP contribution in [0.1, 0.15) is 40.5 Å². The van der Waals surface area contributed by atoms with Gasteiger partial charge in [0.2, 0.25) is 11.8 Å². The number of hydrogen-bond acceptors (Lipinski definition) is 4. The molecular formula is C15H32Cl2N4O2. The summed E-state index contributed by atoms with van der Waals surface area (Å²) in [6, 6.07) is 0. The third-order valence-corrected chi connectivity index (χ3v) is 5.16. The van der Waals surface area contributed by atoms with E-state index in [1.165, 1.54) is 0 Å². The van der Waals surface area contributed by atoms with Crippen LogP contribution in [-0.4, -0.2) is 59.9 Å². The first-order valence-electron chi connectivity index (χ1n) is 7.79. The van der Waals surface area contributed by atoms with Crippen LogP contribution in [-0.2, 0) is 9.59 Å². The molecular weight excluding hydrogens is 339 g/mol. The van der Waals surface area contributed by atoms with Crippen LogP contribution >= 0.6 is 24.8 Å². The molecule has 1 aliphatic heterocycles. The van der Waals surface area contributed by atoms with Crippen LogP contribution in [0, 0.1) is 5.41 Å². The molecule has 6 nitrogen and oxygen atoms in total. The zero-order valence-electron chi connectivity index (χ0n) is 14.6. The SMILES string of the molecule is CCC(CC)(CN)C(=O)N1CCN(C(C)(C)C(N)=O)CC1.Cl.Cl. The molecule has 0 saturated carbocycles. The van der Waals surface area contributed by atoms with Crippen molar-refractivity contribution in [2.75, 3.05) is 32.7 Å². The van der Waals surface area contributed by atoms with Gasteiger partial charge in [-0.15, -0.1) is 24.8 Å². The number of halogens is 2. The number of nitrogens with two attached hydrogens (primary N) is 2. The fourth-order valence-electron chi connectivity index (χ4n) is 2.89. The second-order valence-electron chi connectivity index (χ2n) is 6.39. The summed E-state index contributed by atoms with van der Waals surface area (Å²) in [6.45, 7) is 10.6. The molecule has 0 spiro atoms. The molecule has 8 heteroatoms. The molecule has 4 N–H and O–H groups in total. The monoisotopic (exact) mass is 370 g/mol. The van der Waals surface area contributed by atoms with Gasteiger partial charge in [0.15, 0.2) is 0 Å². The van der Waals surface area contributed by atoms with Gasteiger partial charge in [-0.2, -0.15) is 0 Å². The molecule has 1 fully saturated rings. The Bertz CT molecular complexity index is 385. The fourth-order valence-corrected chi connectivity index (χ4v) is 2.89. The van der Waals surface area contributed by atoms with Crippen molar-refractivity contribution in [3.63, 3.8) is 0 Å². The molecule has 0 aromatic heterocycles. The average molecular weight is 371 g/mol. The summed E-state index contributed by atoms with van der Waals surface area (Å²) in [5.41, 5.74) is 10.2. The van der Waals surface area contributed by atoms with E-state index in [1.807, 2.05) is 37.5 Å². The highest BCUT2D eigenvalue weighted by molar-refractivity contribution is 5.86. The second-order valence-corrected chi connectivity index (χ2v) is 6.39. The van der Waals surface area contributed by atoms with E-state index in [1.54, 1.807) is 0 Å². The number of hydrogen-bond donors (Lipinski definition) is 2. The number of primary amides is 1. The number of nitrogens with zero attached hydrogens (tertiary/aromatic N) is 2. The molecule has 0 bridgehead atoms. The van der Waals surface area contributed by atoms with Gasteiger partial charge < -0.3 is 16.4 Å². The van der Waals surface area contributed by atoms with Gasteiger partial charge in [0.05, 0.1) is 11.0 Å². The molecule has 0 aliphatic carbocycles. The van der Waals surface area contributed by atoms with Crippen molar-refractivity contribution in [1.82, 2.24) is 9.80 Å². The van der Waals surface area contributed by atoms with Crippen molar-refractivity contribution in [2.24, 2.45) is 16.9 Å². The predicted octanol–water partition coefficient (Wildman–Crippen LogP) is 1.00. The largest absolute Gasteiger partial charge is 0.368 e. The minimum atomic E-state index is -0.671. The van der Waals surface area contributed by atoms with Gasteiger partial charge in [0.25, 0.3) is 0 Å². The molecule has 0 aromatic carbocycles. The number of rotatable bonds is 6. The van der Waals surface area contributed by atoms with Crippen LogP contribution < -0.4 is 11.5 Å². The summed E-state index contributed by atoms with van der Waals surface area (Å²) in [4.78, 5) is 28.2. The predicted molar refractivity (Wildman–Crippen MR) is 98.0 cm³/mol. The molecule has 2 amide bonds. The van der Waals surface area contributed by atoms with Crippen molar-refractivity contribution >= 4 is 36.6 Å². The molecule has 0 radical (unpaired) electrons. The van der Waals surface area contributed by atoms with Crippen LogP contribution in [0.15, 0.2) is 0 Å². The Morgan fingerprint density at radius 2 is 1.43 bits per heavy atom. The average Bonchev–Trinajstić information content (AvgIpc) is 2.49. The minimum absolute atomic E-state index is 0. The summed E-state index contributed by atoms with van der Waals surface area (Å²) >= 11 is 0. The van der Waals surface area contributed by atoms with Crippen LogP contribution in [0.2, 0.25) is 0 Å². The molecule has 23 heavy (non-hydrogen) atoms. The van der Waals surface area contributed by atoms with E-state index in [2.05, 4.69) is 0 Å². The number of piperazine rings is 1. The van der Waals surface area contributed by atoms with E-state index in [0.29, 0.717) is 32.7 Å². The Morgan fingerprint density at radius 1 is 1.00 bits per heavy atom. The highest BCUT2D eigenvalue weighted by atomic mass is 35.5.